The van der Waals surface area contributed by atoms with E-state index in [0.29, 0.717) is 11.5 Å². The summed E-state index contributed by atoms with van der Waals surface area (Å²) >= 11 is 0. The molecule has 0 amide bonds. The smallest absolute Gasteiger partial charge is 0.308 e. The molecule has 0 aliphatic heterocycles. The number of nitrogen functional groups attached to an aromatic ring is 1. The molecular weight excluding hydrogens is 222 g/mol. The predicted octanol–water partition coefficient (Wildman–Crippen LogP) is 0.962. The molecule has 0 radical (unpaired) electrons. The summed E-state index contributed by atoms with van der Waals surface area (Å²) in [5.74, 6) is -0.208. The fraction of sp³-hybridized carbons (Fsp3) is 0.545. The van der Waals surface area contributed by atoms with Gasteiger partial charge in [0.25, 0.3) is 0 Å². The average Bonchev–Trinajstić information content (AvgIpc) is 2.18. The Bertz CT molecular complexity index is 444. The summed E-state index contributed by atoms with van der Waals surface area (Å²) in [5.41, 5.74) is 6.90. The summed E-state index contributed by atoms with van der Waals surface area (Å²) in [4.78, 5) is 19.0. The van der Waals surface area contributed by atoms with Crippen LogP contribution in [0.3, 0.4) is 0 Å². The summed E-state index contributed by atoms with van der Waals surface area (Å²) in [7, 11) is 1.46. The Morgan fingerprint density at radius 3 is 2.71 bits per heavy atom. The lowest BCUT2D eigenvalue weighted by Crippen LogP contribution is -2.18. The minimum Gasteiger partial charge on any atom is -0.481 e. The number of rotatable bonds is 4. The van der Waals surface area contributed by atoms with E-state index in [1.807, 2.05) is 0 Å². The molecule has 6 heteroatoms. The molecule has 6 nitrogen and oxygen atoms in total. The van der Waals surface area contributed by atoms with Crippen molar-refractivity contribution in [3.05, 3.63) is 11.3 Å². The van der Waals surface area contributed by atoms with Crippen molar-refractivity contribution >= 4 is 11.9 Å². The fourth-order valence-electron chi connectivity index (χ4n) is 2.00. The lowest BCUT2D eigenvalue weighted by Gasteiger charge is -2.27. The van der Waals surface area contributed by atoms with Gasteiger partial charge < -0.3 is 15.6 Å². The molecule has 1 saturated carbocycles. The Hall–Kier alpha value is -1.85. The Balaban J connectivity index is 2.45. The summed E-state index contributed by atoms with van der Waals surface area (Å²) in [6.07, 6.45) is 3.05. The zero-order valence-corrected chi connectivity index (χ0v) is 9.64. The van der Waals surface area contributed by atoms with Gasteiger partial charge in [0.15, 0.2) is 0 Å². The summed E-state index contributed by atoms with van der Waals surface area (Å²) in [5, 5.41) is 8.91. The number of aromatic nitrogens is 2. The quantitative estimate of drug-likeness (QED) is 0.809. The molecule has 92 valence electrons. The number of carboxylic acids is 1. The van der Waals surface area contributed by atoms with Crippen molar-refractivity contribution in [2.24, 2.45) is 0 Å². The third-order valence-electron chi connectivity index (χ3n) is 3.03. The van der Waals surface area contributed by atoms with Gasteiger partial charge in [-0.1, -0.05) is 6.42 Å². The average molecular weight is 237 g/mol. The summed E-state index contributed by atoms with van der Waals surface area (Å²) in [6, 6.07) is 0. The van der Waals surface area contributed by atoms with Crippen molar-refractivity contribution in [3.63, 3.8) is 0 Å². The molecule has 0 spiro atoms. The molecular formula is C11H15N3O3. The Kier molecular flexibility index (Phi) is 3.12. The Labute approximate surface area is 98.8 Å². The van der Waals surface area contributed by atoms with Gasteiger partial charge in [0.2, 0.25) is 11.8 Å². The van der Waals surface area contributed by atoms with Crippen molar-refractivity contribution in [1.29, 1.82) is 0 Å². The Morgan fingerprint density at radius 2 is 2.24 bits per heavy atom. The van der Waals surface area contributed by atoms with Gasteiger partial charge in [0.1, 0.15) is 0 Å². The molecule has 1 heterocycles. The van der Waals surface area contributed by atoms with E-state index in [0.717, 1.165) is 25.0 Å². The van der Waals surface area contributed by atoms with Crippen LogP contribution in [0, 0.1) is 0 Å². The Morgan fingerprint density at radius 1 is 1.53 bits per heavy atom. The molecule has 2 rings (SSSR count). The normalized spacial score (nSPS) is 15.4. The van der Waals surface area contributed by atoms with Crippen LogP contribution in [0.5, 0.6) is 5.88 Å². The predicted molar refractivity (Wildman–Crippen MR) is 60.9 cm³/mol. The zero-order chi connectivity index (χ0) is 12.4. The molecule has 1 fully saturated rings. The first-order valence-corrected chi connectivity index (χ1v) is 5.54. The molecule has 1 aromatic rings. The van der Waals surface area contributed by atoms with E-state index < -0.39 is 5.97 Å². The highest BCUT2D eigenvalue weighted by Crippen LogP contribution is 2.39. The van der Waals surface area contributed by atoms with Gasteiger partial charge in [0.05, 0.1) is 19.2 Å². The number of nitrogens with zero attached hydrogens (tertiary/aromatic N) is 2. The number of carboxylic acid groups (broad SMARTS) is 1. The molecule has 3 N–H and O–H groups in total. The number of nitrogens with two attached hydrogens (primary N) is 1. The van der Waals surface area contributed by atoms with Crippen LogP contribution < -0.4 is 10.5 Å². The SMILES string of the molecule is COc1nc(N)nc(C2CCC2)c1CC(=O)O. The molecule has 1 aliphatic rings. The van der Waals surface area contributed by atoms with E-state index in [2.05, 4.69) is 9.97 Å². The number of anilines is 1. The zero-order valence-electron chi connectivity index (χ0n) is 9.64. The number of hydrogen-bond acceptors (Lipinski definition) is 5. The number of carbonyl (C=O) groups is 1. The van der Waals surface area contributed by atoms with Crippen LogP contribution in [0.1, 0.15) is 36.4 Å². The summed E-state index contributed by atoms with van der Waals surface area (Å²) < 4.78 is 5.09. The maximum Gasteiger partial charge on any atom is 0.308 e. The van der Waals surface area contributed by atoms with Gasteiger partial charge >= 0.3 is 5.97 Å². The largest absolute Gasteiger partial charge is 0.481 e. The van der Waals surface area contributed by atoms with Crippen molar-refractivity contribution in [2.75, 3.05) is 12.8 Å². The number of hydrogen-bond donors (Lipinski definition) is 2. The highest BCUT2D eigenvalue weighted by Gasteiger charge is 2.27. The van der Waals surface area contributed by atoms with Crippen molar-refractivity contribution < 1.29 is 14.6 Å². The van der Waals surface area contributed by atoms with Gasteiger partial charge in [-0.25, -0.2) is 4.98 Å². The van der Waals surface area contributed by atoms with Crippen LogP contribution in [-0.4, -0.2) is 28.2 Å². The van der Waals surface area contributed by atoms with Gasteiger partial charge in [-0.05, 0) is 12.8 Å². The first kappa shape index (κ1) is 11.6. The lowest BCUT2D eigenvalue weighted by atomic mass is 9.81. The van der Waals surface area contributed by atoms with Crippen molar-refractivity contribution in [1.82, 2.24) is 9.97 Å². The van der Waals surface area contributed by atoms with E-state index in [4.69, 9.17) is 15.6 Å². The van der Waals surface area contributed by atoms with Crippen molar-refractivity contribution in [2.45, 2.75) is 31.6 Å². The monoisotopic (exact) mass is 237 g/mol. The summed E-state index contributed by atoms with van der Waals surface area (Å²) in [6.45, 7) is 0. The minimum atomic E-state index is -0.919. The van der Waals surface area contributed by atoms with Gasteiger partial charge in [-0.2, -0.15) is 4.98 Å². The van der Waals surface area contributed by atoms with E-state index in [-0.39, 0.29) is 18.2 Å². The van der Waals surface area contributed by atoms with Gasteiger partial charge in [0, 0.05) is 11.5 Å². The molecule has 1 aromatic heterocycles. The lowest BCUT2D eigenvalue weighted by molar-refractivity contribution is -0.136. The molecule has 0 saturated heterocycles. The van der Waals surface area contributed by atoms with E-state index in [1.165, 1.54) is 7.11 Å². The second kappa shape index (κ2) is 4.57. The molecule has 1 aliphatic carbocycles. The van der Waals surface area contributed by atoms with Gasteiger partial charge in [-0.15, -0.1) is 0 Å². The van der Waals surface area contributed by atoms with E-state index in [1.54, 1.807) is 0 Å². The molecule has 0 unspecified atom stereocenters. The highest BCUT2D eigenvalue weighted by atomic mass is 16.5. The maximum absolute atomic E-state index is 10.9. The third-order valence-corrected chi connectivity index (χ3v) is 3.03. The second-order valence-electron chi connectivity index (χ2n) is 4.15. The number of ether oxygens (including phenoxy) is 1. The van der Waals surface area contributed by atoms with Crippen LogP contribution in [0.2, 0.25) is 0 Å². The molecule has 17 heavy (non-hydrogen) atoms. The van der Waals surface area contributed by atoms with Crippen LogP contribution in [0.25, 0.3) is 0 Å². The van der Waals surface area contributed by atoms with Crippen molar-refractivity contribution in [3.8, 4) is 5.88 Å². The van der Waals surface area contributed by atoms with Crippen LogP contribution in [-0.2, 0) is 11.2 Å². The topological polar surface area (TPSA) is 98.3 Å². The first-order valence-electron chi connectivity index (χ1n) is 5.54. The highest BCUT2D eigenvalue weighted by molar-refractivity contribution is 5.71. The standard InChI is InChI=1S/C11H15N3O3/c1-17-10-7(5-8(15)16)9(6-3-2-4-6)13-11(12)14-10/h6H,2-5H2,1H3,(H,15,16)(H2,12,13,14). The van der Waals surface area contributed by atoms with Crippen LogP contribution in [0.15, 0.2) is 0 Å². The molecule has 0 aromatic carbocycles. The number of aliphatic carboxylic acids is 1. The minimum absolute atomic E-state index is 0.130. The first-order chi connectivity index (χ1) is 8.11. The maximum atomic E-state index is 10.9. The fourth-order valence-corrected chi connectivity index (χ4v) is 2.00. The molecule has 0 atom stereocenters. The van der Waals surface area contributed by atoms with Gasteiger partial charge in [-0.3, -0.25) is 4.79 Å². The second-order valence-corrected chi connectivity index (χ2v) is 4.15. The van der Waals surface area contributed by atoms with E-state index in [9.17, 15) is 4.79 Å². The number of methoxy groups -OCH3 is 1. The third kappa shape index (κ3) is 2.30. The van der Waals surface area contributed by atoms with Crippen LogP contribution in [0.4, 0.5) is 5.95 Å². The van der Waals surface area contributed by atoms with Crippen LogP contribution >= 0.6 is 0 Å². The van der Waals surface area contributed by atoms with E-state index >= 15 is 0 Å². The molecule has 0 bridgehead atoms.